The molecule has 1 N–H and O–H groups in total. The van der Waals surface area contributed by atoms with Crippen molar-refractivity contribution in [2.75, 3.05) is 26.7 Å². The number of hydrogen-bond acceptors (Lipinski definition) is 3. The number of nitrogens with one attached hydrogen (secondary N) is 1. The minimum atomic E-state index is 0.274. The fourth-order valence-electron chi connectivity index (χ4n) is 3.72. The number of rotatable bonds is 4. The standard InChI is InChI=1S/C16H32N2O/c1-5-15(3)13-18(11-14(2)19-4)16(12-17-15)9-7-6-8-10-16/h14,17H,5-13H2,1-4H3. The Balaban J connectivity index is 2.12. The van der Waals surface area contributed by atoms with Crippen LogP contribution in [0.2, 0.25) is 0 Å². The van der Waals surface area contributed by atoms with Crippen LogP contribution in [0.15, 0.2) is 0 Å². The maximum absolute atomic E-state index is 5.53. The van der Waals surface area contributed by atoms with Gasteiger partial charge in [-0.1, -0.05) is 26.2 Å². The summed E-state index contributed by atoms with van der Waals surface area (Å²) in [7, 11) is 1.83. The number of piperazine rings is 1. The number of hydrogen-bond donors (Lipinski definition) is 1. The van der Waals surface area contributed by atoms with Crippen LogP contribution in [0.3, 0.4) is 0 Å². The predicted octanol–water partition coefficient (Wildman–Crippen LogP) is 2.80. The Bertz CT molecular complexity index is 288. The molecule has 3 nitrogen and oxygen atoms in total. The third kappa shape index (κ3) is 3.32. The van der Waals surface area contributed by atoms with Crippen molar-refractivity contribution < 1.29 is 4.74 Å². The van der Waals surface area contributed by atoms with Gasteiger partial charge < -0.3 is 10.1 Å². The summed E-state index contributed by atoms with van der Waals surface area (Å²) in [4.78, 5) is 2.75. The second-order valence-electron chi connectivity index (χ2n) is 6.98. The van der Waals surface area contributed by atoms with Gasteiger partial charge in [0.05, 0.1) is 6.10 Å². The molecule has 0 radical (unpaired) electrons. The topological polar surface area (TPSA) is 24.5 Å². The molecule has 1 saturated heterocycles. The highest BCUT2D eigenvalue weighted by Gasteiger charge is 2.45. The summed E-state index contributed by atoms with van der Waals surface area (Å²) < 4.78 is 5.53. The molecular weight excluding hydrogens is 236 g/mol. The second-order valence-corrected chi connectivity index (χ2v) is 6.98. The maximum Gasteiger partial charge on any atom is 0.0670 e. The molecule has 1 saturated carbocycles. The zero-order valence-corrected chi connectivity index (χ0v) is 13.3. The lowest BCUT2D eigenvalue weighted by Gasteiger charge is -2.56. The van der Waals surface area contributed by atoms with Crippen molar-refractivity contribution in [1.82, 2.24) is 10.2 Å². The summed E-state index contributed by atoms with van der Waals surface area (Å²) in [6.07, 6.45) is 8.44. The van der Waals surface area contributed by atoms with Crippen molar-refractivity contribution in [3.05, 3.63) is 0 Å². The minimum absolute atomic E-state index is 0.274. The summed E-state index contributed by atoms with van der Waals surface area (Å²) in [6, 6.07) is 0. The fourth-order valence-corrected chi connectivity index (χ4v) is 3.72. The molecular formula is C16H32N2O. The number of methoxy groups -OCH3 is 1. The normalized spacial score (nSPS) is 33.5. The Morgan fingerprint density at radius 1 is 1.26 bits per heavy atom. The van der Waals surface area contributed by atoms with Gasteiger partial charge in [0.25, 0.3) is 0 Å². The van der Waals surface area contributed by atoms with Crippen LogP contribution in [0, 0.1) is 0 Å². The fraction of sp³-hybridized carbons (Fsp3) is 1.00. The van der Waals surface area contributed by atoms with Crippen LogP contribution in [0.5, 0.6) is 0 Å². The molecule has 2 atom stereocenters. The monoisotopic (exact) mass is 268 g/mol. The first-order valence-corrected chi connectivity index (χ1v) is 8.06. The van der Waals surface area contributed by atoms with Crippen molar-refractivity contribution in [1.29, 1.82) is 0 Å². The van der Waals surface area contributed by atoms with Gasteiger partial charge in [0.1, 0.15) is 0 Å². The van der Waals surface area contributed by atoms with Crippen LogP contribution in [-0.4, -0.2) is 48.8 Å². The van der Waals surface area contributed by atoms with E-state index in [1.54, 1.807) is 0 Å². The molecule has 1 aliphatic heterocycles. The van der Waals surface area contributed by atoms with Crippen molar-refractivity contribution in [3.63, 3.8) is 0 Å². The Kier molecular flexibility index (Phi) is 4.91. The zero-order valence-electron chi connectivity index (χ0n) is 13.3. The third-order valence-corrected chi connectivity index (χ3v) is 5.50. The van der Waals surface area contributed by atoms with Gasteiger partial charge in [-0.05, 0) is 33.1 Å². The molecule has 0 aromatic carbocycles. The Morgan fingerprint density at radius 2 is 1.95 bits per heavy atom. The average molecular weight is 268 g/mol. The second kappa shape index (κ2) is 6.11. The Labute approximate surface area is 119 Å². The first-order valence-electron chi connectivity index (χ1n) is 8.06. The molecule has 0 bridgehead atoms. The van der Waals surface area contributed by atoms with E-state index in [9.17, 15) is 0 Å². The predicted molar refractivity (Wildman–Crippen MR) is 80.6 cm³/mol. The first-order chi connectivity index (χ1) is 9.03. The van der Waals surface area contributed by atoms with Gasteiger partial charge in [0.2, 0.25) is 0 Å². The van der Waals surface area contributed by atoms with E-state index < -0.39 is 0 Å². The molecule has 2 unspecified atom stereocenters. The van der Waals surface area contributed by atoms with Crippen molar-refractivity contribution in [3.8, 4) is 0 Å². The van der Waals surface area contributed by atoms with Crippen LogP contribution >= 0.6 is 0 Å². The molecule has 2 fully saturated rings. The smallest absolute Gasteiger partial charge is 0.0670 e. The van der Waals surface area contributed by atoms with Gasteiger partial charge in [-0.2, -0.15) is 0 Å². The van der Waals surface area contributed by atoms with E-state index in [0.29, 0.717) is 11.6 Å². The van der Waals surface area contributed by atoms with Crippen LogP contribution in [0.25, 0.3) is 0 Å². The molecule has 0 aromatic rings. The molecule has 1 spiro atoms. The quantitative estimate of drug-likeness (QED) is 0.848. The minimum Gasteiger partial charge on any atom is -0.380 e. The summed E-state index contributed by atoms with van der Waals surface area (Å²) in [5.41, 5.74) is 0.676. The van der Waals surface area contributed by atoms with Gasteiger partial charge in [-0.25, -0.2) is 0 Å². The van der Waals surface area contributed by atoms with Crippen molar-refractivity contribution in [2.45, 2.75) is 76.5 Å². The van der Waals surface area contributed by atoms with Crippen LogP contribution in [0.1, 0.15) is 59.3 Å². The van der Waals surface area contributed by atoms with E-state index in [0.717, 1.165) is 19.6 Å². The van der Waals surface area contributed by atoms with E-state index in [-0.39, 0.29) is 5.54 Å². The third-order valence-electron chi connectivity index (χ3n) is 5.50. The highest BCUT2D eigenvalue weighted by Crippen LogP contribution is 2.37. The molecule has 112 valence electrons. The van der Waals surface area contributed by atoms with Gasteiger partial charge in [0, 0.05) is 37.8 Å². The SMILES string of the molecule is CCC1(C)CN(CC(C)OC)C2(CCCCC2)CN1. The lowest BCUT2D eigenvalue weighted by Crippen LogP contribution is -2.70. The molecule has 2 aliphatic rings. The summed E-state index contributed by atoms with van der Waals surface area (Å²) in [6.45, 7) is 10.3. The molecule has 19 heavy (non-hydrogen) atoms. The molecule has 3 heteroatoms. The van der Waals surface area contributed by atoms with E-state index in [1.165, 1.54) is 38.5 Å². The van der Waals surface area contributed by atoms with E-state index in [2.05, 4.69) is 31.0 Å². The van der Waals surface area contributed by atoms with Crippen molar-refractivity contribution in [2.24, 2.45) is 0 Å². The summed E-state index contributed by atoms with van der Waals surface area (Å²) >= 11 is 0. The molecule has 1 heterocycles. The summed E-state index contributed by atoms with van der Waals surface area (Å²) in [5.74, 6) is 0. The lowest BCUT2D eigenvalue weighted by atomic mass is 9.76. The highest BCUT2D eigenvalue weighted by molar-refractivity contribution is 5.04. The number of nitrogens with zero attached hydrogens (tertiary/aromatic N) is 1. The van der Waals surface area contributed by atoms with Gasteiger partial charge in [0.15, 0.2) is 0 Å². The van der Waals surface area contributed by atoms with Crippen LogP contribution in [0.4, 0.5) is 0 Å². The van der Waals surface area contributed by atoms with Crippen molar-refractivity contribution >= 4 is 0 Å². The van der Waals surface area contributed by atoms with Crippen LogP contribution in [-0.2, 0) is 4.74 Å². The van der Waals surface area contributed by atoms with E-state index in [1.807, 2.05) is 7.11 Å². The molecule has 1 aliphatic carbocycles. The molecule has 2 rings (SSSR count). The largest absolute Gasteiger partial charge is 0.380 e. The van der Waals surface area contributed by atoms with Gasteiger partial charge in [-0.15, -0.1) is 0 Å². The van der Waals surface area contributed by atoms with E-state index >= 15 is 0 Å². The Hall–Kier alpha value is -0.120. The first kappa shape index (κ1) is 15.3. The highest BCUT2D eigenvalue weighted by atomic mass is 16.5. The maximum atomic E-state index is 5.53. The lowest BCUT2D eigenvalue weighted by molar-refractivity contribution is -0.0443. The molecule has 0 aromatic heterocycles. The van der Waals surface area contributed by atoms with Gasteiger partial charge in [-0.3, -0.25) is 4.90 Å². The van der Waals surface area contributed by atoms with E-state index in [4.69, 9.17) is 4.74 Å². The Morgan fingerprint density at radius 3 is 2.53 bits per heavy atom. The summed E-state index contributed by atoms with van der Waals surface area (Å²) in [5, 5.41) is 3.84. The molecule has 0 amide bonds. The van der Waals surface area contributed by atoms with Crippen LogP contribution < -0.4 is 5.32 Å². The zero-order chi connectivity index (χ0) is 13.9. The average Bonchev–Trinajstić information content (AvgIpc) is 2.44. The van der Waals surface area contributed by atoms with Gasteiger partial charge >= 0.3 is 0 Å². The number of ether oxygens (including phenoxy) is 1.